The summed E-state index contributed by atoms with van der Waals surface area (Å²) in [5, 5.41) is 0. The Kier molecular flexibility index (Phi) is 4.96. The van der Waals surface area contributed by atoms with Crippen LogP contribution in [-0.4, -0.2) is 38.4 Å². The lowest BCUT2D eigenvalue weighted by atomic mass is 9.83. The van der Waals surface area contributed by atoms with Gasteiger partial charge in [-0.2, -0.15) is 0 Å². The summed E-state index contributed by atoms with van der Waals surface area (Å²) in [4.78, 5) is 14.6. The number of allylic oxidation sites excluding steroid dienone is 1. The van der Waals surface area contributed by atoms with Crippen molar-refractivity contribution < 1.29 is 9.53 Å². The van der Waals surface area contributed by atoms with Crippen LogP contribution < -0.4 is 4.74 Å². The first-order valence-electron chi connectivity index (χ1n) is 7.13. The highest BCUT2D eigenvalue weighted by atomic mass is 16.5. The maximum absolute atomic E-state index is 12.5. The van der Waals surface area contributed by atoms with Crippen LogP contribution in [0.1, 0.15) is 24.8 Å². The molecule has 1 unspecified atom stereocenters. The van der Waals surface area contributed by atoms with Gasteiger partial charge in [-0.25, -0.2) is 0 Å². The minimum absolute atomic E-state index is 0.156. The normalized spacial score (nSPS) is 21.5. The molecule has 0 spiro atoms. The third-order valence-corrected chi connectivity index (χ3v) is 3.73. The van der Waals surface area contributed by atoms with E-state index in [1.54, 1.807) is 7.11 Å². The molecule has 2 rings (SSSR count). The van der Waals surface area contributed by atoms with E-state index in [9.17, 15) is 4.79 Å². The van der Waals surface area contributed by atoms with E-state index in [1.807, 2.05) is 44.4 Å². The SMILES string of the molecule is COc1ccc(/C=C2\CCCC(CN(C)C)C2=O)cc1. The molecule has 3 nitrogen and oxygen atoms in total. The molecule has 1 fully saturated rings. The summed E-state index contributed by atoms with van der Waals surface area (Å²) >= 11 is 0. The van der Waals surface area contributed by atoms with E-state index in [4.69, 9.17) is 4.74 Å². The highest BCUT2D eigenvalue weighted by Gasteiger charge is 2.26. The number of benzene rings is 1. The van der Waals surface area contributed by atoms with E-state index in [-0.39, 0.29) is 5.92 Å². The second-order valence-corrected chi connectivity index (χ2v) is 5.66. The second kappa shape index (κ2) is 6.71. The number of ketones is 1. The Morgan fingerprint density at radius 1 is 1.30 bits per heavy atom. The van der Waals surface area contributed by atoms with Gasteiger partial charge in [0.1, 0.15) is 5.75 Å². The monoisotopic (exact) mass is 273 g/mol. The van der Waals surface area contributed by atoms with Crippen molar-refractivity contribution in [2.24, 2.45) is 5.92 Å². The van der Waals surface area contributed by atoms with Crippen LogP contribution in [0.5, 0.6) is 5.75 Å². The largest absolute Gasteiger partial charge is 0.497 e. The van der Waals surface area contributed by atoms with Gasteiger partial charge >= 0.3 is 0 Å². The standard InChI is InChI=1S/C17H23NO2/c1-18(2)12-15-6-4-5-14(17(15)19)11-13-7-9-16(20-3)10-8-13/h7-11,15H,4-6,12H2,1-3H3/b14-11+. The first-order chi connectivity index (χ1) is 9.60. The first-order valence-corrected chi connectivity index (χ1v) is 7.13. The number of carbonyl (C=O) groups is 1. The molecule has 1 aliphatic rings. The molecule has 1 saturated carbocycles. The van der Waals surface area contributed by atoms with Gasteiger partial charge in [0.25, 0.3) is 0 Å². The molecule has 0 bridgehead atoms. The Morgan fingerprint density at radius 2 is 2.00 bits per heavy atom. The van der Waals surface area contributed by atoms with Gasteiger partial charge in [-0.3, -0.25) is 4.79 Å². The molecule has 0 heterocycles. The lowest BCUT2D eigenvalue weighted by Gasteiger charge is -2.25. The van der Waals surface area contributed by atoms with Gasteiger partial charge in [0.05, 0.1) is 7.11 Å². The molecule has 3 heteroatoms. The first kappa shape index (κ1) is 14.8. The van der Waals surface area contributed by atoms with Gasteiger partial charge in [0.15, 0.2) is 5.78 Å². The molecule has 0 aromatic heterocycles. The highest BCUT2D eigenvalue weighted by Crippen LogP contribution is 2.27. The molecule has 1 atom stereocenters. The van der Waals surface area contributed by atoms with E-state index in [0.717, 1.165) is 42.7 Å². The number of hydrogen-bond acceptors (Lipinski definition) is 3. The second-order valence-electron chi connectivity index (χ2n) is 5.66. The highest BCUT2D eigenvalue weighted by molar-refractivity contribution is 6.01. The predicted octanol–water partition coefficient (Wildman–Crippen LogP) is 3.01. The molecule has 20 heavy (non-hydrogen) atoms. The fourth-order valence-electron chi connectivity index (χ4n) is 2.71. The lowest BCUT2D eigenvalue weighted by molar-refractivity contribution is -0.120. The van der Waals surface area contributed by atoms with Crippen molar-refractivity contribution in [3.05, 3.63) is 35.4 Å². The van der Waals surface area contributed by atoms with Crippen LogP contribution in [0, 0.1) is 5.92 Å². The average molecular weight is 273 g/mol. The summed E-state index contributed by atoms with van der Waals surface area (Å²) in [6.07, 6.45) is 5.04. The Balaban J connectivity index is 2.13. The van der Waals surface area contributed by atoms with Crippen molar-refractivity contribution in [3.63, 3.8) is 0 Å². The molecule has 0 amide bonds. The van der Waals surface area contributed by atoms with Crippen molar-refractivity contribution >= 4 is 11.9 Å². The number of ether oxygens (including phenoxy) is 1. The lowest BCUT2D eigenvalue weighted by Crippen LogP contribution is -2.31. The van der Waals surface area contributed by atoms with E-state index in [2.05, 4.69) is 4.90 Å². The van der Waals surface area contributed by atoms with Crippen LogP contribution in [0.3, 0.4) is 0 Å². The number of carbonyl (C=O) groups excluding carboxylic acids is 1. The van der Waals surface area contributed by atoms with Gasteiger partial charge in [0.2, 0.25) is 0 Å². The summed E-state index contributed by atoms with van der Waals surface area (Å²) in [6.45, 7) is 0.846. The van der Waals surface area contributed by atoms with E-state index in [1.165, 1.54) is 0 Å². The van der Waals surface area contributed by atoms with E-state index >= 15 is 0 Å². The predicted molar refractivity (Wildman–Crippen MR) is 81.9 cm³/mol. The molecule has 0 N–H and O–H groups in total. The smallest absolute Gasteiger partial charge is 0.163 e. The molecule has 108 valence electrons. The Bertz CT molecular complexity index is 488. The Labute approximate surface area is 121 Å². The van der Waals surface area contributed by atoms with E-state index in [0.29, 0.717) is 5.78 Å². The third-order valence-electron chi connectivity index (χ3n) is 3.73. The quantitative estimate of drug-likeness (QED) is 0.790. The summed E-state index contributed by atoms with van der Waals surface area (Å²) < 4.78 is 5.15. The third kappa shape index (κ3) is 3.70. The maximum Gasteiger partial charge on any atom is 0.163 e. The topological polar surface area (TPSA) is 29.5 Å². The minimum Gasteiger partial charge on any atom is -0.497 e. The summed E-state index contributed by atoms with van der Waals surface area (Å²) in [5.41, 5.74) is 2.04. The molecular formula is C17H23NO2. The molecule has 0 aliphatic heterocycles. The molecule has 1 aromatic rings. The van der Waals surface area contributed by atoms with E-state index < -0.39 is 0 Å². The number of Topliss-reactive ketones (excluding diaryl/α,β-unsaturated/α-hetero) is 1. The van der Waals surface area contributed by atoms with Gasteiger partial charge < -0.3 is 9.64 Å². The number of methoxy groups -OCH3 is 1. The number of nitrogens with zero attached hydrogens (tertiary/aromatic N) is 1. The number of rotatable bonds is 4. The Hall–Kier alpha value is -1.61. The fraction of sp³-hybridized carbons (Fsp3) is 0.471. The zero-order valence-electron chi connectivity index (χ0n) is 12.6. The Morgan fingerprint density at radius 3 is 2.60 bits per heavy atom. The molecule has 0 saturated heterocycles. The zero-order chi connectivity index (χ0) is 14.5. The fourth-order valence-corrected chi connectivity index (χ4v) is 2.71. The summed E-state index contributed by atoms with van der Waals surface area (Å²) in [6, 6.07) is 7.84. The van der Waals surface area contributed by atoms with Gasteiger partial charge in [-0.1, -0.05) is 12.1 Å². The summed E-state index contributed by atoms with van der Waals surface area (Å²) in [7, 11) is 5.70. The van der Waals surface area contributed by atoms with Crippen LogP contribution in [-0.2, 0) is 4.79 Å². The van der Waals surface area contributed by atoms with Crippen LogP contribution in [0.25, 0.3) is 6.08 Å². The van der Waals surface area contributed by atoms with Gasteiger partial charge in [-0.15, -0.1) is 0 Å². The maximum atomic E-state index is 12.5. The zero-order valence-corrected chi connectivity index (χ0v) is 12.6. The summed E-state index contributed by atoms with van der Waals surface area (Å²) in [5.74, 6) is 1.32. The molecule has 0 radical (unpaired) electrons. The van der Waals surface area contributed by atoms with Crippen LogP contribution in [0.4, 0.5) is 0 Å². The van der Waals surface area contributed by atoms with Gasteiger partial charge in [0, 0.05) is 12.5 Å². The molecule has 1 aromatic carbocycles. The van der Waals surface area contributed by atoms with Crippen molar-refractivity contribution in [1.29, 1.82) is 0 Å². The van der Waals surface area contributed by atoms with Crippen molar-refractivity contribution in [3.8, 4) is 5.75 Å². The average Bonchev–Trinajstić information content (AvgIpc) is 2.43. The minimum atomic E-state index is 0.156. The van der Waals surface area contributed by atoms with Crippen molar-refractivity contribution in [1.82, 2.24) is 4.90 Å². The number of hydrogen-bond donors (Lipinski definition) is 0. The van der Waals surface area contributed by atoms with Gasteiger partial charge in [-0.05, 0) is 62.7 Å². The van der Waals surface area contributed by atoms with Crippen LogP contribution in [0.2, 0.25) is 0 Å². The van der Waals surface area contributed by atoms with Crippen LogP contribution >= 0.6 is 0 Å². The van der Waals surface area contributed by atoms with Crippen molar-refractivity contribution in [2.75, 3.05) is 27.7 Å². The molecule has 1 aliphatic carbocycles. The van der Waals surface area contributed by atoms with Crippen molar-refractivity contribution in [2.45, 2.75) is 19.3 Å². The molecular weight excluding hydrogens is 250 g/mol. The van der Waals surface area contributed by atoms with Crippen LogP contribution in [0.15, 0.2) is 29.8 Å².